The van der Waals surface area contributed by atoms with Crippen LogP contribution in [0.1, 0.15) is 63.9 Å². The molecule has 2 N–H and O–H groups in total. The van der Waals surface area contributed by atoms with Gasteiger partial charge >= 0.3 is 0 Å². The molecule has 0 bridgehead atoms. The number of carbonyl (C=O) groups is 2. The van der Waals surface area contributed by atoms with E-state index in [-0.39, 0.29) is 23.9 Å². The van der Waals surface area contributed by atoms with Gasteiger partial charge in [-0.25, -0.2) is 4.99 Å². The number of nitrogens with one attached hydrogen (secondary N) is 2. The van der Waals surface area contributed by atoms with Crippen molar-refractivity contribution in [3.63, 3.8) is 0 Å². The molecule has 2 aromatic heterocycles. The first-order valence-corrected chi connectivity index (χ1v) is 13.1. The molecule has 0 atom stereocenters. The number of benzene rings is 1. The highest BCUT2D eigenvalue weighted by Gasteiger charge is 2.21. The van der Waals surface area contributed by atoms with Gasteiger partial charge in [0.15, 0.2) is 0 Å². The predicted octanol–water partition coefficient (Wildman–Crippen LogP) is 5.01. The molecule has 210 valence electrons. The minimum Gasteiger partial charge on any atom is -0.382 e. The number of methoxy groups -OCH3 is 1. The summed E-state index contributed by atoms with van der Waals surface area (Å²) in [6.45, 7) is 12.2. The minimum absolute atomic E-state index is 0.168. The molecule has 39 heavy (non-hydrogen) atoms. The van der Waals surface area contributed by atoms with E-state index in [1.807, 2.05) is 81.2 Å². The van der Waals surface area contributed by atoms with Crippen molar-refractivity contribution >= 4 is 23.3 Å². The summed E-state index contributed by atoms with van der Waals surface area (Å²) in [6.07, 6.45) is 8.60. The highest BCUT2D eigenvalue weighted by molar-refractivity contribution is 6.02. The van der Waals surface area contributed by atoms with Crippen LogP contribution in [0.2, 0.25) is 0 Å². The van der Waals surface area contributed by atoms with Crippen LogP contribution in [0.3, 0.4) is 0 Å². The molecule has 1 aromatic carbocycles. The zero-order valence-electron chi connectivity index (χ0n) is 24.4. The Balaban J connectivity index is 0.00000170. The van der Waals surface area contributed by atoms with Gasteiger partial charge < -0.3 is 19.9 Å². The van der Waals surface area contributed by atoms with Crippen LogP contribution in [0.4, 0.5) is 0 Å². The lowest BCUT2D eigenvalue weighted by Crippen LogP contribution is -2.39. The van der Waals surface area contributed by atoms with Crippen LogP contribution >= 0.6 is 0 Å². The molecule has 0 aliphatic rings. The average molecular weight is 535 g/mol. The van der Waals surface area contributed by atoms with Crippen LogP contribution in [0.15, 0.2) is 66.1 Å². The molecule has 2 heterocycles. The van der Waals surface area contributed by atoms with Crippen LogP contribution in [0.25, 0.3) is 17.0 Å². The number of nitrogens with zero attached hydrogens (tertiary/aromatic N) is 4. The quantitative estimate of drug-likeness (QED) is 0.297. The SMILES string of the molecule is C/C=C(\N=C(C)NC(=O)CNC(=O)c1ccn(C(C)(C)COC)c1)c1cccc(-c2ccn(C)n2)c1.CCC. The monoisotopic (exact) mass is 534 g/mol. The number of hydrogen-bond acceptors (Lipinski definition) is 5. The van der Waals surface area contributed by atoms with Gasteiger partial charge in [-0.1, -0.05) is 44.5 Å². The van der Waals surface area contributed by atoms with Gasteiger partial charge in [0.1, 0.15) is 5.84 Å². The second kappa shape index (κ2) is 14.8. The fourth-order valence-electron chi connectivity index (χ4n) is 3.75. The molecular weight excluding hydrogens is 492 g/mol. The van der Waals surface area contributed by atoms with Crippen molar-refractivity contribution in [2.24, 2.45) is 12.0 Å². The fourth-order valence-corrected chi connectivity index (χ4v) is 3.75. The van der Waals surface area contributed by atoms with Gasteiger partial charge in [-0.3, -0.25) is 14.3 Å². The lowest BCUT2D eigenvalue weighted by Gasteiger charge is -2.25. The maximum Gasteiger partial charge on any atom is 0.253 e. The normalized spacial score (nSPS) is 12.0. The molecular formula is C30H42N6O3. The Bertz CT molecular complexity index is 1300. The molecule has 9 nitrogen and oxygen atoms in total. The number of carbonyl (C=O) groups excluding carboxylic acids is 2. The van der Waals surface area contributed by atoms with Gasteiger partial charge in [0.05, 0.1) is 35.6 Å². The number of hydrogen-bond donors (Lipinski definition) is 2. The Kier molecular flexibility index (Phi) is 11.9. The smallest absolute Gasteiger partial charge is 0.253 e. The summed E-state index contributed by atoms with van der Waals surface area (Å²) in [5.74, 6) is -0.258. The minimum atomic E-state index is -0.360. The van der Waals surface area contributed by atoms with E-state index in [4.69, 9.17) is 4.74 Å². The summed E-state index contributed by atoms with van der Waals surface area (Å²) < 4.78 is 8.92. The molecule has 3 aromatic rings. The van der Waals surface area contributed by atoms with Gasteiger partial charge in [-0.2, -0.15) is 5.10 Å². The molecule has 0 aliphatic carbocycles. The number of aryl methyl sites for hydroxylation is 1. The Hall–Kier alpha value is -3.98. The number of allylic oxidation sites excluding steroid dienone is 1. The number of amides is 2. The first-order chi connectivity index (χ1) is 18.5. The van der Waals surface area contributed by atoms with Crippen molar-refractivity contribution in [1.82, 2.24) is 25.0 Å². The van der Waals surface area contributed by atoms with Crippen LogP contribution in [0, 0.1) is 0 Å². The van der Waals surface area contributed by atoms with E-state index in [1.54, 1.807) is 31.0 Å². The third-order valence-corrected chi connectivity index (χ3v) is 5.61. The molecule has 0 unspecified atom stereocenters. The van der Waals surface area contributed by atoms with Gasteiger partial charge in [0.2, 0.25) is 5.91 Å². The van der Waals surface area contributed by atoms with Crippen LogP contribution in [0.5, 0.6) is 0 Å². The molecule has 0 saturated heterocycles. The van der Waals surface area contributed by atoms with Gasteiger partial charge in [0, 0.05) is 43.9 Å². The van der Waals surface area contributed by atoms with Gasteiger partial charge in [-0.05, 0) is 45.9 Å². The summed E-state index contributed by atoms with van der Waals surface area (Å²) in [6, 6.07) is 11.6. The van der Waals surface area contributed by atoms with Crippen molar-refractivity contribution < 1.29 is 14.3 Å². The van der Waals surface area contributed by atoms with E-state index in [1.165, 1.54) is 6.42 Å². The number of aromatic nitrogens is 3. The number of aliphatic imine (C=N–C) groups is 1. The van der Waals surface area contributed by atoms with Crippen molar-refractivity contribution in [1.29, 1.82) is 0 Å². The third-order valence-electron chi connectivity index (χ3n) is 5.61. The largest absolute Gasteiger partial charge is 0.382 e. The maximum absolute atomic E-state index is 12.5. The zero-order chi connectivity index (χ0) is 29.0. The van der Waals surface area contributed by atoms with E-state index >= 15 is 0 Å². The van der Waals surface area contributed by atoms with Crippen molar-refractivity contribution in [3.05, 3.63) is 72.2 Å². The molecule has 9 heteroatoms. The summed E-state index contributed by atoms with van der Waals surface area (Å²) in [5, 5.41) is 9.84. The molecule has 0 spiro atoms. The lowest BCUT2D eigenvalue weighted by atomic mass is 10.1. The average Bonchev–Trinajstić information content (AvgIpc) is 3.57. The molecule has 2 amide bonds. The van der Waals surface area contributed by atoms with Crippen LogP contribution in [-0.2, 0) is 22.1 Å². The molecule has 0 fully saturated rings. The Labute approximate surface area is 232 Å². The second-order valence-electron chi connectivity index (χ2n) is 9.82. The second-order valence-corrected chi connectivity index (χ2v) is 9.82. The van der Waals surface area contributed by atoms with Gasteiger partial charge in [-0.15, -0.1) is 0 Å². The summed E-state index contributed by atoms with van der Waals surface area (Å²) in [5.41, 5.74) is 3.66. The van der Waals surface area contributed by atoms with Crippen molar-refractivity contribution in [2.45, 2.75) is 53.5 Å². The van der Waals surface area contributed by atoms with Crippen molar-refractivity contribution in [2.75, 3.05) is 20.3 Å². The fraction of sp³-hybridized carbons (Fsp3) is 0.400. The Morgan fingerprint density at radius 2 is 1.85 bits per heavy atom. The first kappa shape index (κ1) is 31.2. The number of ether oxygens (including phenoxy) is 1. The zero-order valence-corrected chi connectivity index (χ0v) is 24.4. The standard InChI is InChI=1S/C27H34N6O3.C3H8/c1-7-23(20-9-8-10-21(15-20)24-12-13-32(5)31-24)29-19(2)30-25(34)16-28-26(35)22-11-14-33(17-22)27(3,4)18-36-6;1-3-2/h7-15,17H,16,18H2,1-6H3,(H,28,35)(H,29,30,34);3H2,1-2H3/b23-7-;. The predicted molar refractivity (Wildman–Crippen MR) is 157 cm³/mol. The van der Waals surface area contributed by atoms with E-state index in [0.29, 0.717) is 18.0 Å². The molecule has 0 radical (unpaired) electrons. The Morgan fingerprint density at radius 1 is 1.13 bits per heavy atom. The third kappa shape index (κ3) is 9.37. The van der Waals surface area contributed by atoms with Gasteiger partial charge in [0.25, 0.3) is 5.91 Å². The van der Waals surface area contributed by atoms with E-state index in [0.717, 1.165) is 22.5 Å². The van der Waals surface area contributed by atoms with Crippen LogP contribution < -0.4 is 10.6 Å². The lowest BCUT2D eigenvalue weighted by molar-refractivity contribution is -0.118. The molecule has 0 aliphatic heterocycles. The number of rotatable bonds is 9. The summed E-state index contributed by atoms with van der Waals surface area (Å²) >= 11 is 0. The van der Waals surface area contributed by atoms with E-state index < -0.39 is 0 Å². The Morgan fingerprint density at radius 3 is 2.46 bits per heavy atom. The highest BCUT2D eigenvalue weighted by atomic mass is 16.5. The van der Waals surface area contributed by atoms with E-state index in [9.17, 15) is 9.59 Å². The topological polar surface area (TPSA) is 103 Å². The molecule has 3 rings (SSSR count). The maximum atomic E-state index is 12.5. The molecule has 0 saturated carbocycles. The number of amidine groups is 1. The summed E-state index contributed by atoms with van der Waals surface area (Å²) in [7, 11) is 3.52. The highest BCUT2D eigenvalue weighted by Crippen LogP contribution is 2.23. The first-order valence-electron chi connectivity index (χ1n) is 13.1. The van der Waals surface area contributed by atoms with E-state index in [2.05, 4.69) is 34.6 Å². The van der Waals surface area contributed by atoms with Crippen molar-refractivity contribution in [3.8, 4) is 11.3 Å². The summed E-state index contributed by atoms with van der Waals surface area (Å²) in [4.78, 5) is 29.5. The van der Waals surface area contributed by atoms with Crippen LogP contribution in [-0.4, -0.2) is 52.3 Å².